The first-order chi connectivity index (χ1) is 13.5. The summed E-state index contributed by atoms with van der Waals surface area (Å²) < 4.78 is 5.88. The molecule has 0 radical (unpaired) electrons. The number of carbonyl (C=O) groups is 1. The molecule has 0 saturated heterocycles. The molecule has 0 aliphatic carbocycles. The van der Waals surface area contributed by atoms with E-state index in [0.29, 0.717) is 16.6 Å². The Labute approximate surface area is 167 Å². The van der Waals surface area contributed by atoms with Crippen LogP contribution in [0.2, 0.25) is 5.02 Å². The van der Waals surface area contributed by atoms with Gasteiger partial charge in [0.1, 0.15) is 6.61 Å². The van der Waals surface area contributed by atoms with Crippen LogP contribution >= 0.6 is 11.6 Å². The monoisotopic (exact) mass is 397 g/mol. The molecule has 1 heterocycles. The highest BCUT2D eigenvalue weighted by Crippen LogP contribution is 2.25. The SMILES string of the molecule is Cc1cccc(N(N)C(=O)NN)c1COc1cccc(-c2ccc(Cl)cc2)n1. The minimum Gasteiger partial charge on any atom is -0.473 e. The van der Waals surface area contributed by atoms with Crippen molar-refractivity contribution in [1.29, 1.82) is 0 Å². The van der Waals surface area contributed by atoms with Crippen molar-refractivity contribution in [3.8, 4) is 17.1 Å². The van der Waals surface area contributed by atoms with Gasteiger partial charge in [-0.1, -0.05) is 41.9 Å². The number of carbonyl (C=O) groups excluding carboxylic acids is 1. The van der Waals surface area contributed by atoms with Crippen molar-refractivity contribution in [2.45, 2.75) is 13.5 Å². The van der Waals surface area contributed by atoms with Crippen molar-refractivity contribution < 1.29 is 9.53 Å². The number of nitrogens with one attached hydrogen (secondary N) is 1. The molecule has 3 aromatic rings. The molecule has 28 heavy (non-hydrogen) atoms. The normalized spacial score (nSPS) is 10.4. The summed E-state index contributed by atoms with van der Waals surface area (Å²) in [5.41, 5.74) is 5.88. The number of ether oxygens (including phenoxy) is 1. The van der Waals surface area contributed by atoms with E-state index in [1.165, 1.54) is 0 Å². The second-order valence-corrected chi connectivity index (χ2v) is 6.49. The fraction of sp³-hybridized carbons (Fsp3) is 0.100. The number of anilines is 1. The van der Waals surface area contributed by atoms with Gasteiger partial charge in [-0.25, -0.2) is 26.5 Å². The molecule has 0 unspecified atom stereocenters. The van der Waals surface area contributed by atoms with Gasteiger partial charge in [0.15, 0.2) is 0 Å². The summed E-state index contributed by atoms with van der Waals surface area (Å²) in [6.45, 7) is 2.10. The van der Waals surface area contributed by atoms with Crippen LogP contribution in [0.25, 0.3) is 11.3 Å². The second kappa shape index (κ2) is 8.71. The Kier molecular flexibility index (Phi) is 6.10. The molecule has 2 amide bonds. The Morgan fingerprint density at radius 3 is 2.57 bits per heavy atom. The summed E-state index contributed by atoms with van der Waals surface area (Å²) in [6, 6.07) is 17.7. The number of rotatable bonds is 5. The van der Waals surface area contributed by atoms with Crippen LogP contribution in [-0.2, 0) is 6.61 Å². The van der Waals surface area contributed by atoms with Crippen molar-refractivity contribution >= 4 is 23.3 Å². The first-order valence-corrected chi connectivity index (χ1v) is 8.87. The molecule has 3 rings (SSSR count). The van der Waals surface area contributed by atoms with E-state index in [1.807, 2.05) is 54.8 Å². The van der Waals surface area contributed by atoms with E-state index in [2.05, 4.69) is 4.98 Å². The lowest BCUT2D eigenvalue weighted by molar-refractivity contribution is 0.246. The molecule has 0 spiro atoms. The number of aryl methyl sites for hydroxylation is 1. The highest BCUT2D eigenvalue weighted by Gasteiger charge is 2.16. The molecule has 8 heteroatoms. The molecular formula is C20H20ClN5O2. The zero-order valence-corrected chi connectivity index (χ0v) is 16.0. The summed E-state index contributed by atoms with van der Waals surface area (Å²) in [5, 5.41) is 1.61. The van der Waals surface area contributed by atoms with Gasteiger partial charge in [0.25, 0.3) is 0 Å². The van der Waals surface area contributed by atoms with Gasteiger partial charge in [0.2, 0.25) is 5.88 Å². The highest BCUT2D eigenvalue weighted by molar-refractivity contribution is 6.30. The fourth-order valence-electron chi connectivity index (χ4n) is 2.70. The largest absolute Gasteiger partial charge is 0.473 e. The molecule has 0 saturated carbocycles. The first kappa shape index (κ1) is 19.6. The molecule has 144 valence electrons. The number of nitrogens with two attached hydrogens (primary N) is 2. The zero-order valence-electron chi connectivity index (χ0n) is 15.2. The van der Waals surface area contributed by atoms with Crippen LogP contribution in [-0.4, -0.2) is 11.0 Å². The summed E-state index contributed by atoms with van der Waals surface area (Å²) >= 11 is 5.94. The standard InChI is InChI=1S/C20H20ClN5O2/c1-13-4-2-6-18(26(23)20(27)25-22)16(13)12-28-19-7-3-5-17(24-19)14-8-10-15(21)11-9-14/h2-11H,12,22-23H2,1H3,(H,25,27). The predicted molar refractivity (Wildman–Crippen MR) is 110 cm³/mol. The van der Waals surface area contributed by atoms with Gasteiger partial charge in [-0.2, -0.15) is 0 Å². The summed E-state index contributed by atoms with van der Waals surface area (Å²) in [6.07, 6.45) is 0. The van der Waals surface area contributed by atoms with E-state index < -0.39 is 6.03 Å². The lowest BCUT2D eigenvalue weighted by Crippen LogP contribution is -2.48. The Morgan fingerprint density at radius 2 is 1.86 bits per heavy atom. The van der Waals surface area contributed by atoms with Crippen LogP contribution in [0.4, 0.5) is 10.5 Å². The van der Waals surface area contributed by atoms with Gasteiger partial charge < -0.3 is 4.74 Å². The van der Waals surface area contributed by atoms with Gasteiger partial charge >= 0.3 is 6.03 Å². The number of halogens is 1. The average molecular weight is 398 g/mol. The Balaban J connectivity index is 1.82. The number of amides is 2. The van der Waals surface area contributed by atoms with Crippen molar-refractivity contribution in [2.24, 2.45) is 11.7 Å². The van der Waals surface area contributed by atoms with Crippen molar-refractivity contribution in [2.75, 3.05) is 5.01 Å². The number of pyridine rings is 1. The molecule has 1 aromatic heterocycles. The summed E-state index contributed by atoms with van der Waals surface area (Å²) in [4.78, 5) is 16.3. The lowest BCUT2D eigenvalue weighted by Gasteiger charge is -2.21. The molecule has 0 fully saturated rings. The first-order valence-electron chi connectivity index (χ1n) is 8.49. The summed E-state index contributed by atoms with van der Waals surface area (Å²) in [7, 11) is 0. The Morgan fingerprint density at radius 1 is 1.14 bits per heavy atom. The van der Waals surface area contributed by atoms with E-state index in [1.54, 1.807) is 18.2 Å². The van der Waals surface area contributed by atoms with E-state index in [0.717, 1.165) is 27.4 Å². The minimum atomic E-state index is -0.630. The van der Waals surface area contributed by atoms with Crippen LogP contribution < -0.4 is 26.9 Å². The minimum absolute atomic E-state index is 0.185. The lowest BCUT2D eigenvalue weighted by atomic mass is 10.1. The van der Waals surface area contributed by atoms with Crippen molar-refractivity contribution in [3.05, 3.63) is 76.8 Å². The number of nitrogens with zero attached hydrogens (tertiary/aromatic N) is 2. The van der Waals surface area contributed by atoms with Crippen molar-refractivity contribution in [1.82, 2.24) is 10.4 Å². The smallest absolute Gasteiger partial charge is 0.350 e. The molecular weight excluding hydrogens is 378 g/mol. The van der Waals surface area contributed by atoms with E-state index in [9.17, 15) is 4.79 Å². The fourth-order valence-corrected chi connectivity index (χ4v) is 2.83. The topological polar surface area (TPSA) is 106 Å². The highest BCUT2D eigenvalue weighted by atomic mass is 35.5. The van der Waals surface area contributed by atoms with Gasteiger partial charge in [-0.05, 0) is 36.8 Å². The Hall–Kier alpha value is -3.13. The number of aromatic nitrogens is 1. The maximum absolute atomic E-state index is 11.8. The molecule has 0 aliphatic heterocycles. The molecule has 0 atom stereocenters. The number of urea groups is 1. The third-order valence-electron chi connectivity index (χ3n) is 4.22. The average Bonchev–Trinajstić information content (AvgIpc) is 2.72. The van der Waals surface area contributed by atoms with Gasteiger partial charge in [0.05, 0.1) is 11.4 Å². The molecule has 7 nitrogen and oxygen atoms in total. The number of hydrogen-bond donors (Lipinski definition) is 3. The van der Waals surface area contributed by atoms with Gasteiger partial charge in [0, 0.05) is 22.2 Å². The van der Waals surface area contributed by atoms with Crippen LogP contribution in [0.3, 0.4) is 0 Å². The predicted octanol–water partition coefficient (Wildman–Crippen LogP) is 3.55. The Bertz CT molecular complexity index is 979. The third kappa shape index (κ3) is 4.40. The summed E-state index contributed by atoms with van der Waals surface area (Å²) in [5.74, 6) is 11.5. The van der Waals surface area contributed by atoms with Gasteiger partial charge in [-0.15, -0.1) is 0 Å². The van der Waals surface area contributed by atoms with E-state index in [4.69, 9.17) is 28.0 Å². The number of benzene rings is 2. The van der Waals surface area contributed by atoms with E-state index >= 15 is 0 Å². The van der Waals surface area contributed by atoms with Crippen LogP contribution in [0, 0.1) is 6.92 Å². The van der Waals surface area contributed by atoms with Crippen LogP contribution in [0.5, 0.6) is 5.88 Å². The number of hydrazine groups is 2. The number of hydrogen-bond acceptors (Lipinski definition) is 5. The van der Waals surface area contributed by atoms with E-state index in [-0.39, 0.29) is 6.61 Å². The van der Waals surface area contributed by atoms with Gasteiger partial charge in [-0.3, -0.25) is 5.43 Å². The van der Waals surface area contributed by atoms with Crippen molar-refractivity contribution in [3.63, 3.8) is 0 Å². The molecule has 0 aliphatic rings. The van der Waals surface area contributed by atoms with Crippen LogP contribution in [0.15, 0.2) is 60.7 Å². The zero-order chi connectivity index (χ0) is 20.1. The molecule has 5 N–H and O–H groups in total. The quantitative estimate of drug-likeness (QED) is 0.346. The maximum atomic E-state index is 11.8. The molecule has 0 bridgehead atoms. The maximum Gasteiger partial charge on any atom is 0.350 e. The third-order valence-corrected chi connectivity index (χ3v) is 4.47. The van der Waals surface area contributed by atoms with Crippen LogP contribution in [0.1, 0.15) is 11.1 Å². The second-order valence-electron chi connectivity index (χ2n) is 6.05. The molecule has 2 aromatic carbocycles.